The van der Waals surface area contributed by atoms with Gasteiger partial charge in [0.1, 0.15) is 0 Å². The average molecular weight is 270 g/mol. The second-order valence-electron chi connectivity index (χ2n) is 4.39. The summed E-state index contributed by atoms with van der Waals surface area (Å²) in [6.45, 7) is 5.33. The summed E-state index contributed by atoms with van der Waals surface area (Å²) in [5.74, 6) is -1.05. The van der Waals surface area contributed by atoms with E-state index in [4.69, 9.17) is 11.6 Å². The Labute approximate surface area is 111 Å². The molecular weight excluding hydrogens is 254 g/mol. The Hall–Kier alpha value is -1.55. The normalized spacial score (nSPS) is 12.3. The quantitative estimate of drug-likeness (QED) is 0.836. The maximum atomic E-state index is 11.4. The van der Waals surface area contributed by atoms with Crippen LogP contribution >= 0.6 is 11.6 Å². The van der Waals surface area contributed by atoms with Gasteiger partial charge in [-0.2, -0.15) is 0 Å². The van der Waals surface area contributed by atoms with Crippen LogP contribution in [0.1, 0.15) is 31.0 Å². The maximum absolute atomic E-state index is 11.4. The number of rotatable bonds is 5. The summed E-state index contributed by atoms with van der Waals surface area (Å²) in [6, 6.07) is 3.78. The molecule has 0 aliphatic heterocycles. The lowest BCUT2D eigenvalue weighted by Crippen LogP contribution is -2.38. The highest BCUT2D eigenvalue weighted by atomic mass is 35.5. The van der Waals surface area contributed by atoms with Gasteiger partial charge in [-0.15, -0.1) is 0 Å². The molecule has 1 atom stereocenters. The third kappa shape index (κ3) is 3.01. The van der Waals surface area contributed by atoms with Gasteiger partial charge in [0.2, 0.25) is 6.41 Å². The van der Waals surface area contributed by atoms with Crippen LogP contribution < -0.4 is 0 Å². The monoisotopic (exact) mass is 269 g/mol. The highest BCUT2D eigenvalue weighted by Crippen LogP contribution is 2.27. The van der Waals surface area contributed by atoms with Crippen molar-refractivity contribution < 1.29 is 14.7 Å². The third-order valence-electron chi connectivity index (χ3n) is 2.78. The first-order valence-corrected chi connectivity index (χ1v) is 5.98. The van der Waals surface area contributed by atoms with Crippen molar-refractivity contribution in [3.63, 3.8) is 0 Å². The van der Waals surface area contributed by atoms with Crippen molar-refractivity contribution in [3.8, 4) is 0 Å². The first-order valence-electron chi connectivity index (χ1n) is 5.60. The Balaban J connectivity index is 3.27. The van der Waals surface area contributed by atoms with Crippen molar-refractivity contribution in [3.05, 3.63) is 34.3 Å². The molecule has 0 fully saturated rings. The zero-order valence-corrected chi connectivity index (χ0v) is 11.3. The molecule has 0 aromatic heterocycles. The molecule has 1 rings (SSSR count). The van der Waals surface area contributed by atoms with Gasteiger partial charge in [-0.05, 0) is 44.0 Å². The summed E-state index contributed by atoms with van der Waals surface area (Å²) in [4.78, 5) is 23.8. The molecule has 0 heterocycles. The van der Waals surface area contributed by atoms with Crippen LogP contribution in [0.4, 0.5) is 0 Å². The summed E-state index contributed by atoms with van der Waals surface area (Å²) in [5.41, 5.74) is 1.33. The summed E-state index contributed by atoms with van der Waals surface area (Å²) >= 11 is 5.85. The molecule has 18 heavy (non-hydrogen) atoms. The molecule has 0 aliphatic carbocycles. The van der Waals surface area contributed by atoms with Crippen LogP contribution in [-0.4, -0.2) is 28.4 Å². The standard InChI is InChI=1S/C13H16ClNO3/c1-8(2)15(7-16)12(13(17)18)11-5-4-10(14)6-9(11)3/h4-8,12H,1-3H3,(H,17,18). The molecule has 1 N–H and O–H groups in total. The van der Waals surface area contributed by atoms with E-state index < -0.39 is 12.0 Å². The van der Waals surface area contributed by atoms with Crippen LogP contribution in [0.5, 0.6) is 0 Å². The smallest absolute Gasteiger partial charge is 0.331 e. The number of carbonyl (C=O) groups excluding carboxylic acids is 1. The first-order chi connectivity index (χ1) is 8.38. The van der Waals surface area contributed by atoms with E-state index in [1.54, 1.807) is 39.0 Å². The number of carboxylic acid groups (broad SMARTS) is 1. The van der Waals surface area contributed by atoms with Crippen molar-refractivity contribution in [2.45, 2.75) is 32.9 Å². The number of hydrogen-bond acceptors (Lipinski definition) is 2. The van der Waals surface area contributed by atoms with Gasteiger partial charge in [0.15, 0.2) is 6.04 Å². The minimum atomic E-state index is -1.05. The van der Waals surface area contributed by atoms with E-state index in [0.717, 1.165) is 5.56 Å². The second kappa shape index (κ2) is 5.87. The minimum absolute atomic E-state index is 0.196. The van der Waals surface area contributed by atoms with Crippen molar-refractivity contribution in [1.82, 2.24) is 4.90 Å². The molecule has 0 bridgehead atoms. The van der Waals surface area contributed by atoms with Crippen molar-refractivity contribution >= 4 is 24.0 Å². The molecule has 1 amide bonds. The molecule has 4 nitrogen and oxygen atoms in total. The molecule has 0 radical (unpaired) electrons. The van der Waals surface area contributed by atoms with E-state index in [0.29, 0.717) is 17.0 Å². The molecule has 1 aromatic rings. The van der Waals surface area contributed by atoms with Crippen LogP contribution in [0.2, 0.25) is 5.02 Å². The Morgan fingerprint density at radius 2 is 2.06 bits per heavy atom. The molecular formula is C13H16ClNO3. The van der Waals surface area contributed by atoms with Gasteiger partial charge < -0.3 is 10.0 Å². The average Bonchev–Trinajstić information content (AvgIpc) is 2.26. The van der Waals surface area contributed by atoms with Gasteiger partial charge in [-0.25, -0.2) is 4.79 Å². The largest absolute Gasteiger partial charge is 0.479 e. The minimum Gasteiger partial charge on any atom is -0.479 e. The second-order valence-corrected chi connectivity index (χ2v) is 4.82. The fourth-order valence-electron chi connectivity index (χ4n) is 1.85. The lowest BCUT2D eigenvalue weighted by Gasteiger charge is -2.29. The maximum Gasteiger partial charge on any atom is 0.331 e. The predicted molar refractivity (Wildman–Crippen MR) is 69.6 cm³/mol. The van der Waals surface area contributed by atoms with E-state index in [1.807, 2.05) is 0 Å². The van der Waals surface area contributed by atoms with E-state index in [-0.39, 0.29) is 6.04 Å². The molecule has 0 aliphatic rings. The van der Waals surface area contributed by atoms with Gasteiger partial charge in [0.05, 0.1) is 0 Å². The van der Waals surface area contributed by atoms with Crippen molar-refractivity contribution in [2.24, 2.45) is 0 Å². The predicted octanol–water partition coefficient (Wildman–Crippen LogP) is 2.64. The zero-order chi connectivity index (χ0) is 13.9. The Morgan fingerprint density at radius 3 is 2.44 bits per heavy atom. The van der Waals surface area contributed by atoms with Gasteiger partial charge in [-0.1, -0.05) is 17.7 Å². The first kappa shape index (κ1) is 14.5. The molecule has 5 heteroatoms. The topological polar surface area (TPSA) is 57.6 Å². The SMILES string of the molecule is Cc1cc(Cl)ccc1C(C(=O)O)N(C=O)C(C)C. The molecule has 0 saturated heterocycles. The van der Waals surface area contributed by atoms with E-state index in [1.165, 1.54) is 4.90 Å². The number of nitrogens with zero attached hydrogens (tertiary/aromatic N) is 1. The molecule has 0 saturated carbocycles. The van der Waals surface area contributed by atoms with Crippen LogP contribution in [-0.2, 0) is 9.59 Å². The molecule has 1 unspecified atom stereocenters. The number of amides is 1. The summed E-state index contributed by atoms with van der Waals surface area (Å²) < 4.78 is 0. The van der Waals surface area contributed by atoms with Gasteiger partial charge in [0.25, 0.3) is 0 Å². The Kier molecular flexibility index (Phi) is 4.73. The van der Waals surface area contributed by atoms with Crippen LogP contribution in [0.15, 0.2) is 18.2 Å². The third-order valence-corrected chi connectivity index (χ3v) is 3.01. The van der Waals surface area contributed by atoms with E-state index in [9.17, 15) is 14.7 Å². The number of halogens is 1. The summed E-state index contributed by atoms with van der Waals surface area (Å²) in [6.07, 6.45) is 0.567. The highest BCUT2D eigenvalue weighted by Gasteiger charge is 2.29. The van der Waals surface area contributed by atoms with Gasteiger partial charge in [-0.3, -0.25) is 4.79 Å². The van der Waals surface area contributed by atoms with Crippen molar-refractivity contribution in [2.75, 3.05) is 0 Å². The number of carboxylic acids is 1. The van der Waals surface area contributed by atoms with Crippen molar-refractivity contribution in [1.29, 1.82) is 0 Å². The Morgan fingerprint density at radius 1 is 1.44 bits per heavy atom. The summed E-state index contributed by atoms with van der Waals surface area (Å²) in [5, 5.41) is 9.88. The van der Waals surface area contributed by atoms with Gasteiger partial charge in [0, 0.05) is 11.1 Å². The molecule has 1 aromatic carbocycles. The zero-order valence-electron chi connectivity index (χ0n) is 10.6. The van der Waals surface area contributed by atoms with Crippen LogP contribution in [0.3, 0.4) is 0 Å². The lowest BCUT2D eigenvalue weighted by molar-refractivity contribution is -0.148. The van der Waals surface area contributed by atoms with Crippen LogP contribution in [0, 0.1) is 6.92 Å². The number of aryl methyl sites for hydroxylation is 1. The Bertz CT molecular complexity index is 460. The number of aliphatic carboxylic acids is 1. The molecule has 98 valence electrons. The fraction of sp³-hybridized carbons (Fsp3) is 0.385. The fourth-order valence-corrected chi connectivity index (χ4v) is 2.07. The number of benzene rings is 1. The summed E-state index contributed by atoms with van der Waals surface area (Å²) in [7, 11) is 0. The van der Waals surface area contributed by atoms with Gasteiger partial charge >= 0.3 is 5.97 Å². The highest BCUT2D eigenvalue weighted by molar-refractivity contribution is 6.30. The molecule has 0 spiro atoms. The van der Waals surface area contributed by atoms with E-state index in [2.05, 4.69) is 0 Å². The van der Waals surface area contributed by atoms with Crippen LogP contribution in [0.25, 0.3) is 0 Å². The van der Waals surface area contributed by atoms with E-state index >= 15 is 0 Å². The lowest BCUT2D eigenvalue weighted by atomic mass is 9.99. The number of carbonyl (C=O) groups is 2. The number of hydrogen-bond donors (Lipinski definition) is 1.